The summed E-state index contributed by atoms with van der Waals surface area (Å²) in [6.07, 6.45) is 1.14. The second-order valence-electron chi connectivity index (χ2n) is 5.20. The molecule has 0 spiro atoms. The van der Waals surface area contributed by atoms with Gasteiger partial charge in [-0.15, -0.1) is 0 Å². The van der Waals surface area contributed by atoms with Crippen LogP contribution in [0.5, 0.6) is 0 Å². The zero-order chi connectivity index (χ0) is 17.2. The van der Waals surface area contributed by atoms with Gasteiger partial charge in [-0.25, -0.2) is 8.42 Å². The number of halogens is 1. The van der Waals surface area contributed by atoms with E-state index in [0.29, 0.717) is 22.5 Å². The Balaban J connectivity index is 2.25. The Hall–Kier alpha value is -1.86. The first-order valence-electron chi connectivity index (χ1n) is 6.80. The van der Waals surface area contributed by atoms with Crippen molar-refractivity contribution in [2.75, 3.05) is 22.9 Å². The minimum atomic E-state index is -3.34. The van der Waals surface area contributed by atoms with Crippen LogP contribution in [0.15, 0.2) is 46.9 Å². The van der Waals surface area contributed by atoms with E-state index >= 15 is 0 Å². The van der Waals surface area contributed by atoms with Crippen molar-refractivity contribution in [1.29, 1.82) is 0 Å². The Bertz CT molecular complexity index is 850. The van der Waals surface area contributed by atoms with Crippen LogP contribution < -0.4 is 9.62 Å². The number of nitrogens with zero attached hydrogens (tertiary/aromatic N) is 1. The zero-order valence-electron chi connectivity index (χ0n) is 13.0. The Kier molecular flexibility index (Phi) is 5.11. The first-order valence-corrected chi connectivity index (χ1v) is 9.44. The van der Waals surface area contributed by atoms with Gasteiger partial charge in [0.25, 0.3) is 5.91 Å². The van der Waals surface area contributed by atoms with Crippen LogP contribution in [-0.4, -0.2) is 27.6 Å². The van der Waals surface area contributed by atoms with Crippen LogP contribution in [0.1, 0.15) is 15.9 Å². The summed E-state index contributed by atoms with van der Waals surface area (Å²) in [5.74, 6) is -0.250. The highest BCUT2D eigenvalue weighted by Gasteiger charge is 2.16. The van der Waals surface area contributed by atoms with Gasteiger partial charge in [0.05, 0.1) is 11.9 Å². The van der Waals surface area contributed by atoms with E-state index in [1.807, 2.05) is 12.1 Å². The van der Waals surface area contributed by atoms with Gasteiger partial charge in [0, 0.05) is 22.8 Å². The molecule has 0 aliphatic carbocycles. The standard InChI is InChI=1S/C16H17BrN2O3S/c1-11-9-12(7-8-15(11)19(2)23(3,21)22)16(20)18-14-6-4-5-13(17)10-14/h4-10H,1-3H3,(H,18,20). The van der Waals surface area contributed by atoms with Gasteiger partial charge < -0.3 is 5.32 Å². The SMILES string of the molecule is Cc1cc(C(=O)Nc2cccc(Br)c2)ccc1N(C)S(C)(=O)=O. The lowest BCUT2D eigenvalue weighted by Crippen LogP contribution is -2.25. The number of anilines is 2. The number of aryl methyl sites for hydroxylation is 1. The van der Waals surface area contributed by atoms with Crippen LogP contribution in [-0.2, 0) is 10.0 Å². The quantitative estimate of drug-likeness (QED) is 0.860. The lowest BCUT2D eigenvalue weighted by molar-refractivity contribution is 0.102. The largest absolute Gasteiger partial charge is 0.322 e. The molecule has 122 valence electrons. The number of hydrogen-bond donors (Lipinski definition) is 1. The molecule has 1 amide bonds. The number of carbonyl (C=O) groups is 1. The molecule has 0 heterocycles. The molecule has 2 aromatic carbocycles. The molecular weight excluding hydrogens is 380 g/mol. The first-order chi connectivity index (χ1) is 10.7. The molecule has 0 radical (unpaired) electrons. The third-order valence-electron chi connectivity index (χ3n) is 3.38. The third kappa shape index (κ3) is 4.33. The van der Waals surface area contributed by atoms with Gasteiger partial charge in [-0.3, -0.25) is 9.10 Å². The highest BCUT2D eigenvalue weighted by atomic mass is 79.9. The van der Waals surface area contributed by atoms with Gasteiger partial charge in [0.15, 0.2) is 0 Å². The van der Waals surface area contributed by atoms with E-state index in [2.05, 4.69) is 21.2 Å². The van der Waals surface area contributed by atoms with Gasteiger partial charge in [-0.05, 0) is 48.9 Å². The first kappa shape index (κ1) is 17.5. The maximum Gasteiger partial charge on any atom is 0.255 e. The number of carbonyl (C=O) groups excluding carboxylic acids is 1. The van der Waals surface area contributed by atoms with Crippen LogP contribution in [0.25, 0.3) is 0 Å². The average molecular weight is 397 g/mol. The molecule has 0 fully saturated rings. The summed E-state index contributed by atoms with van der Waals surface area (Å²) >= 11 is 3.35. The van der Waals surface area contributed by atoms with E-state index in [4.69, 9.17) is 0 Å². The molecule has 2 rings (SSSR count). The Morgan fingerprint density at radius 2 is 1.87 bits per heavy atom. The second kappa shape index (κ2) is 6.72. The smallest absolute Gasteiger partial charge is 0.255 e. The van der Waals surface area contributed by atoms with Crippen molar-refractivity contribution in [2.24, 2.45) is 0 Å². The molecule has 0 bridgehead atoms. The normalized spacial score (nSPS) is 11.1. The molecule has 7 heteroatoms. The number of rotatable bonds is 4. The summed E-state index contributed by atoms with van der Waals surface area (Å²) in [6, 6.07) is 12.2. The lowest BCUT2D eigenvalue weighted by atomic mass is 10.1. The van der Waals surface area contributed by atoms with Crippen LogP contribution in [0, 0.1) is 6.92 Å². The Morgan fingerprint density at radius 1 is 1.17 bits per heavy atom. The molecule has 23 heavy (non-hydrogen) atoms. The van der Waals surface area contributed by atoms with E-state index in [1.54, 1.807) is 37.3 Å². The Labute approximate surface area is 144 Å². The predicted molar refractivity (Wildman–Crippen MR) is 96.5 cm³/mol. The molecule has 0 saturated carbocycles. The average Bonchev–Trinajstić information content (AvgIpc) is 2.45. The number of nitrogens with one attached hydrogen (secondary N) is 1. The van der Waals surface area contributed by atoms with Gasteiger partial charge in [0.2, 0.25) is 10.0 Å². The van der Waals surface area contributed by atoms with Crippen LogP contribution in [0.4, 0.5) is 11.4 Å². The Morgan fingerprint density at radius 3 is 2.43 bits per heavy atom. The van der Waals surface area contributed by atoms with Crippen molar-refractivity contribution < 1.29 is 13.2 Å². The monoisotopic (exact) mass is 396 g/mol. The molecule has 0 aromatic heterocycles. The maximum absolute atomic E-state index is 12.3. The molecule has 0 aliphatic heterocycles. The topological polar surface area (TPSA) is 66.5 Å². The second-order valence-corrected chi connectivity index (χ2v) is 8.13. The van der Waals surface area contributed by atoms with Crippen LogP contribution in [0.2, 0.25) is 0 Å². The van der Waals surface area contributed by atoms with E-state index in [9.17, 15) is 13.2 Å². The van der Waals surface area contributed by atoms with E-state index in [0.717, 1.165) is 10.7 Å². The number of hydrogen-bond acceptors (Lipinski definition) is 3. The van der Waals surface area contributed by atoms with Crippen molar-refractivity contribution >= 4 is 43.2 Å². The van der Waals surface area contributed by atoms with Gasteiger partial charge >= 0.3 is 0 Å². The fourth-order valence-electron chi connectivity index (χ4n) is 2.10. The summed E-state index contributed by atoms with van der Waals surface area (Å²) in [7, 11) is -1.85. The van der Waals surface area contributed by atoms with Crippen molar-refractivity contribution in [3.8, 4) is 0 Å². The van der Waals surface area contributed by atoms with E-state index in [-0.39, 0.29) is 5.91 Å². The van der Waals surface area contributed by atoms with E-state index < -0.39 is 10.0 Å². The molecule has 0 saturated heterocycles. The maximum atomic E-state index is 12.3. The van der Waals surface area contributed by atoms with Crippen LogP contribution >= 0.6 is 15.9 Å². The fraction of sp³-hybridized carbons (Fsp3) is 0.188. The highest BCUT2D eigenvalue weighted by Crippen LogP contribution is 2.23. The fourth-order valence-corrected chi connectivity index (χ4v) is 3.06. The van der Waals surface area contributed by atoms with Gasteiger partial charge in [-0.2, -0.15) is 0 Å². The summed E-state index contributed by atoms with van der Waals surface area (Å²) in [5.41, 5.74) is 2.40. The van der Waals surface area contributed by atoms with Crippen LogP contribution in [0.3, 0.4) is 0 Å². The van der Waals surface area contributed by atoms with Gasteiger partial charge in [0.1, 0.15) is 0 Å². The summed E-state index contributed by atoms with van der Waals surface area (Å²) in [5, 5.41) is 2.80. The van der Waals surface area contributed by atoms with Crippen molar-refractivity contribution in [1.82, 2.24) is 0 Å². The molecule has 0 atom stereocenters. The summed E-state index contributed by atoms with van der Waals surface area (Å²) < 4.78 is 25.3. The predicted octanol–water partition coefficient (Wildman–Crippen LogP) is 3.41. The van der Waals surface area contributed by atoms with Crippen molar-refractivity contribution in [3.63, 3.8) is 0 Å². The summed E-state index contributed by atoms with van der Waals surface area (Å²) in [6.45, 7) is 1.77. The van der Waals surface area contributed by atoms with E-state index in [1.165, 1.54) is 11.4 Å². The third-order valence-corrected chi connectivity index (χ3v) is 5.06. The van der Waals surface area contributed by atoms with Crippen molar-refractivity contribution in [2.45, 2.75) is 6.92 Å². The van der Waals surface area contributed by atoms with Crippen molar-refractivity contribution in [3.05, 3.63) is 58.1 Å². The molecule has 2 aromatic rings. The van der Waals surface area contributed by atoms with Gasteiger partial charge in [-0.1, -0.05) is 22.0 Å². The summed E-state index contributed by atoms with van der Waals surface area (Å²) in [4.78, 5) is 12.3. The molecule has 1 N–H and O–H groups in total. The number of sulfonamides is 1. The highest BCUT2D eigenvalue weighted by molar-refractivity contribution is 9.10. The molecule has 0 aliphatic rings. The minimum Gasteiger partial charge on any atom is -0.322 e. The minimum absolute atomic E-state index is 0.250. The lowest BCUT2D eigenvalue weighted by Gasteiger charge is -2.19. The number of benzene rings is 2. The molecule has 0 unspecified atom stereocenters. The number of amides is 1. The molecule has 5 nitrogen and oxygen atoms in total. The molecular formula is C16H17BrN2O3S. The zero-order valence-corrected chi connectivity index (χ0v) is 15.4.